The molecule has 0 saturated carbocycles. The van der Waals surface area contributed by atoms with E-state index >= 15 is 0 Å². The Morgan fingerprint density at radius 2 is 1.38 bits per heavy atom. The van der Waals surface area contributed by atoms with Crippen molar-refractivity contribution in [3.05, 3.63) is 102 Å². The van der Waals surface area contributed by atoms with Gasteiger partial charge in [-0.25, -0.2) is 4.39 Å². The summed E-state index contributed by atoms with van der Waals surface area (Å²) in [5.41, 5.74) is 6.19. The molecule has 0 aliphatic carbocycles. The van der Waals surface area contributed by atoms with Crippen LogP contribution in [0.15, 0.2) is 84.9 Å². The summed E-state index contributed by atoms with van der Waals surface area (Å²) >= 11 is 0. The third kappa shape index (κ3) is 3.40. The highest BCUT2D eigenvalue weighted by Crippen LogP contribution is 2.42. The molecule has 29 heavy (non-hydrogen) atoms. The molecule has 1 heterocycles. The van der Waals surface area contributed by atoms with Gasteiger partial charge in [-0.15, -0.1) is 0 Å². The molecular formula is C26H22FNO. The molecular weight excluding hydrogens is 361 g/mol. The Kier molecular flexibility index (Phi) is 5.13. The smallest absolute Gasteiger partial charge is 0.152 e. The molecule has 0 unspecified atom stereocenters. The van der Waals surface area contributed by atoms with Crippen molar-refractivity contribution in [1.82, 2.24) is 4.57 Å². The lowest BCUT2D eigenvalue weighted by molar-refractivity contribution is 0.112. The van der Waals surface area contributed by atoms with Gasteiger partial charge in [0.25, 0.3) is 0 Å². The average Bonchev–Trinajstić information content (AvgIpc) is 3.11. The number of nitrogens with zero attached hydrogens (tertiary/aromatic N) is 1. The minimum Gasteiger partial charge on any atom is -0.312 e. The lowest BCUT2D eigenvalue weighted by atomic mass is 9.95. The van der Waals surface area contributed by atoms with Crippen molar-refractivity contribution in [2.45, 2.75) is 19.8 Å². The minimum atomic E-state index is -0.297. The van der Waals surface area contributed by atoms with Crippen molar-refractivity contribution in [1.29, 1.82) is 0 Å². The summed E-state index contributed by atoms with van der Waals surface area (Å²) in [6, 6.07) is 26.4. The first-order valence-corrected chi connectivity index (χ1v) is 9.72. The van der Waals surface area contributed by atoms with Gasteiger partial charge in [-0.05, 0) is 41.3 Å². The number of hydrogen-bond acceptors (Lipinski definition) is 1. The molecule has 0 amide bonds. The summed E-state index contributed by atoms with van der Waals surface area (Å²) in [6.07, 6.45) is 0.930. The molecule has 144 valence electrons. The van der Waals surface area contributed by atoms with Gasteiger partial charge in [-0.3, -0.25) is 4.79 Å². The summed E-state index contributed by atoms with van der Waals surface area (Å²) < 4.78 is 15.8. The molecule has 4 aromatic rings. The van der Waals surface area contributed by atoms with E-state index in [9.17, 15) is 9.18 Å². The Labute approximate surface area is 170 Å². The Morgan fingerprint density at radius 1 is 0.793 bits per heavy atom. The van der Waals surface area contributed by atoms with Gasteiger partial charge >= 0.3 is 0 Å². The van der Waals surface area contributed by atoms with Gasteiger partial charge in [-0.1, -0.05) is 74.5 Å². The summed E-state index contributed by atoms with van der Waals surface area (Å²) in [5, 5.41) is 0. The van der Waals surface area contributed by atoms with Crippen molar-refractivity contribution < 1.29 is 9.18 Å². The fourth-order valence-corrected chi connectivity index (χ4v) is 3.92. The molecule has 0 fully saturated rings. The largest absolute Gasteiger partial charge is 0.312 e. The van der Waals surface area contributed by atoms with Crippen LogP contribution in [0.2, 0.25) is 0 Å². The Balaban J connectivity index is 2.17. The normalized spacial score (nSPS) is 11.0. The second-order valence-electron chi connectivity index (χ2n) is 7.34. The van der Waals surface area contributed by atoms with E-state index in [4.69, 9.17) is 0 Å². The van der Waals surface area contributed by atoms with E-state index in [0.29, 0.717) is 5.56 Å². The Hall–Kier alpha value is -3.46. The molecule has 4 rings (SSSR count). The summed E-state index contributed by atoms with van der Waals surface area (Å²) in [6.45, 7) is 4.18. The van der Waals surface area contributed by atoms with E-state index in [0.717, 1.165) is 40.1 Å². The highest BCUT2D eigenvalue weighted by molar-refractivity contribution is 5.98. The number of rotatable bonds is 5. The lowest BCUT2D eigenvalue weighted by Gasteiger charge is -2.17. The first kappa shape index (κ1) is 18.9. The molecule has 0 spiro atoms. The van der Waals surface area contributed by atoms with Crippen LogP contribution in [0, 0.1) is 5.82 Å². The van der Waals surface area contributed by atoms with Crippen LogP contribution in [0.5, 0.6) is 0 Å². The van der Waals surface area contributed by atoms with Gasteiger partial charge < -0.3 is 4.57 Å². The third-order valence-corrected chi connectivity index (χ3v) is 5.11. The van der Waals surface area contributed by atoms with Gasteiger partial charge in [0.1, 0.15) is 5.82 Å². The van der Waals surface area contributed by atoms with E-state index in [1.54, 1.807) is 12.1 Å². The van der Waals surface area contributed by atoms with Crippen molar-refractivity contribution in [2.75, 3.05) is 0 Å². The predicted octanol–water partition coefficient (Wildman–Crippen LogP) is 6.89. The topological polar surface area (TPSA) is 22.0 Å². The summed E-state index contributed by atoms with van der Waals surface area (Å²) in [7, 11) is 0. The van der Waals surface area contributed by atoms with E-state index in [2.05, 4.69) is 18.4 Å². The molecule has 3 aromatic carbocycles. The van der Waals surface area contributed by atoms with Crippen molar-refractivity contribution in [3.63, 3.8) is 0 Å². The molecule has 0 bridgehead atoms. The second-order valence-corrected chi connectivity index (χ2v) is 7.34. The van der Waals surface area contributed by atoms with E-state index in [-0.39, 0.29) is 11.7 Å². The number of halogens is 1. The van der Waals surface area contributed by atoms with Crippen molar-refractivity contribution in [3.8, 4) is 28.1 Å². The van der Waals surface area contributed by atoms with Gasteiger partial charge in [0.15, 0.2) is 6.29 Å². The van der Waals surface area contributed by atoms with Crippen LogP contribution >= 0.6 is 0 Å². The van der Waals surface area contributed by atoms with E-state index < -0.39 is 0 Å². The number of aldehydes is 1. The summed E-state index contributed by atoms with van der Waals surface area (Å²) in [4.78, 5) is 12.3. The predicted molar refractivity (Wildman–Crippen MR) is 116 cm³/mol. The number of para-hydroxylation sites is 1. The van der Waals surface area contributed by atoms with Crippen LogP contribution in [0.1, 0.15) is 35.8 Å². The monoisotopic (exact) mass is 383 g/mol. The maximum atomic E-state index is 13.6. The molecule has 0 aliphatic rings. The zero-order chi connectivity index (χ0) is 20.4. The molecule has 0 N–H and O–H groups in total. The first-order valence-electron chi connectivity index (χ1n) is 9.72. The van der Waals surface area contributed by atoms with Crippen LogP contribution in [-0.4, -0.2) is 10.9 Å². The quantitative estimate of drug-likeness (QED) is 0.344. The zero-order valence-corrected chi connectivity index (χ0v) is 16.5. The average molecular weight is 383 g/mol. The SMILES string of the molecule is CC(C)c1c(C=O)c(-c2ccc(F)cc2)c(-c2ccccc2)n1-c1ccccc1. The van der Waals surface area contributed by atoms with Gasteiger partial charge in [0.05, 0.1) is 5.69 Å². The van der Waals surface area contributed by atoms with Crippen LogP contribution in [-0.2, 0) is 0 Å². The highest BCUT2D eigenvalue weighted by atomic mass is 19.1. The maximum Gasteiger partial charge on any atom is 0.152 e. The molecule has 1 aromatic heterocycles. The van der Waals surface area contributed by atoms with Crippen LogP contribution in [0.4, 0.5) is 4.39 Å². The van der Waals surface area contributed by atoms with Crippen molar-refractivity contribution in [2.24, 2.45) is 0 Å². The third-order valence-electron chi connectivity index (χ3n) is 5.11. The number of carbonyl (C=O) groups is 1. The standard InChI is InChI=1S/C26H22FNO/c1-18(2)25-23(17-29)24(19-13-15-21(27)16-14-19)26(20-9-5-3-6-10-20)28(25)22-11-7-4-8-12-22/h3-18H,1-2H3. The lowest BCUT2D eigenvalue weighted by Crippen LogP contribution is -2.05. The first-order chi connectivity index (χ1) is 14.1. The Bertz CT molecular complexity index is 1130. The second kappa shape index (κ2) is 7.88. The molecule has 0 radical (unpaired) electrons. The van der Waals surface area contributed by atoms with Crippen LogP contribution in [0.25, 0.3) is 28.1 Å². The molecule has 0 atom stereocenters. The number of carbonyl (C=O) groups excluding carboxylic acids is 1. The van der Waals surface area contributed by atoms with Crippen molar-refractivity contribution >= 4 is 6.29 Å². The number of benzene rings is 3. The molecule has 2 nitrogen and oxygen atoms in total. The van der Waals surface area contributed by atoms with Gasteiger partial charge in [0.2, 0.25) is 0 Å². The Morgan fingerprint density at radius 3 is 1.93 bits per heavy atom. The van der Waals surface area contributed by atoms with Crippen LogP contribution < -0.4 is 0 Å². The fraction of sp³-hybridized carbons (Fsp3) is 0.115. The molecule has 0 saturated heterocycles. The van der Waals surface area contributed by atoms with E-state index in [1.165, 1.54) is 12.1 Å². The fourth-order valence-electron chi connectivity index (χ4n) is 3.92. The summed E-state index contributed by atoms with van der Waals surface area (Å²) in [5.74, 6) is -0.179. The highest BCUT2D eigenvalue weighted by Gasteiger charge is 2.26. The van der Waals surface area contributed by atoms with Gasteiger partial charge in [-0.2, -0.15) is 0 Å². The zero-order valence-electron chi connectivity index (χ0n) is 16.5. The minimum absolute atomic E-state index is 0.118. The maximum absolute atomic E-state index is 13.6. The number of hydrogen-bond donors (Lipinski definition) is 0. The molecule has 0 aliphatic heterocycles. The molecule has 3 heteroatoms. The van der Waals surface area contributed by atoms with Gasteiger partial charge in [0, 0.05) is 22.5 Å². The van der Waals surface area contributed by atoms with E-state index in [1.807, 2.05) is 60.7 Å². The van der Waals surface area contributed by atoms with Crippen LogP contribution in [0.3, 0.4) is 0 Å². The number of aromatic nitrogens is 1.